The molecule has 0 saturated heterocycles. The molecule has 0 bridgehead atoms. The van der Waals surface area contributed by atoms with Gasteiger partial charge in [-0.3, -0.25) is 9.59 Å². The Labute approximate surface area is 96.0 Å². The molecule has 4 heteroatoms. The monoisotopic (exact) mass is 228 g/mol. The second kappa shape index (κ2) is 7.91. The molecule has 16 heavy (non-hydrogen) atoms. The van der Waals surface area contributed by atoms with E-state index < -0.39 is 17.9 Å². The number of carboxylic acids is 2. The van der Waals surface area contributed by atoms with E-state index in [9.17, 15) is 9.59 Å². The van der Waals surface area contributed by atoms with Crippen LogP contribution >= 0.6 is 0 Å². The number of rotatable bonds is 8. The van der Waals surface area contributed by atoms with E-state index in [1.54, 1.807) is 6.92 Å². The van der Waals surface area contributed by atoms with Gasteiger partial charge in [0.25, 0.3) is 0 Å². The van der Waals surface area contributed by atoms with Crippen molar-refractivity contribution in [2.45, 2.75) is 46.0 Å². The Kier molecular flexibility index (Phi) is 7.25. The van der Waals surface area contributed by atoms with Crippen molar-refractivity contribution in [2.75, 3.05) is 0 Å². The standard InChI is InChI=1S/C12H20O4/c1-3-4-5-6-7-9(2)10(12(15)16)8-11(13)14/h7,10H,3-6,8H2,1-2H3,(H,13,14)(H,15,16)/b9-7+. The summed E-state index contributed by atoms with van der Waals surface area (Å²) >= 11 is 0. The van der Waals surface area contributed by atoms with Crippen LogP contribution in [0, 0.1) is 5.92 Å². The molecule has 2 N–H and O–H groups in total. The lowest BCUT2D eigenvalue weighted by Gasteiger charge is -2.10. The van der Waals surface area contributed by atoms with Crippen molar-refractivity contribution in [1.29, 1.82) is 0 Å². The van der Waals surface area contributed by atoms with Crippen LogP contribution < -0.4 is 0 Å². The number of hydrogen-bond acceptors (Lipinski definition) is 2. The second-order valence-corrected chi connectivity index (χ2v) is 3.93. The summed E-state index contributed by atoms with van der Waals surface area (Å²) in [5.41, 5.74) is 0.644. The third-order valence-corrected chi connectivity index (χ3v) is 2.50. The molecule has 0 aromatic rings. The maximum Gasteiger partial charge on any atom is 0.311 e. The van der Waals surface area contributed by atoms with Crippen molar-refractivity contribution in [1.82, 2.24) is 0 Å². The SMILES string of the molecule is CCCCC/C=C(\C)C(CC(=O)O)C(=O)O. The smallest absolute Gasteiger partial charge is 0.311 e. The first-order valence-corrected chi connectivity index (χ1v) is 5.60. The van der Waals surface area contributed by atoms with Crippen molar-refractivity contribution in [3.63, 3.8) is 0 Å². The van der Waals surface area contributed by atoms with Crippen LogP contribution in [0.1, 0.15) is 46.0 Å². The minimum Gasteiger partial charge on any atom is -0.481 e. The topological polar surface area (TPSA) is 74.6 Å². The molecule has 0 radical (unpaired) electrons. The summed E-state index contributed by atoms with van der Waals surface area (Å²) in [6.07, 6.45) is 5.57. The summed E-state index contributed by atoms with van der Waals surface area (Å²) < 4.78 is 0. The Bertz CT molecular complexity index is 268. The van der Waals surface area contributed by atoms with Crippen LogP contribution in [0.5, 0.6) is 0 Å². The molecule has 0 amide bonds. The highest BCUT2D eigenvalue weighted by Crippen LogP contribution is 2.17. The van der Waals surface area contributed by atoms with Gasteiger partial charge in [-0.2, -0.15) is 0 Å². The molecule has 0 aromatic carbocycles. The maximum atomic E-state index is 10.9. The molecule has 0 aromatic heterocycles. The van der Waals surface area contributed by atoms with E-state index in [1.165, 1.54) is 0 Å². The fourth-order valence-electron chi connectivity index (χ4n) is 1.48. The van der Waals surface area contributed by atoms with Gasteiger partial charge in [-0.15, -0.1) is 0 Å². The van der Waals surface area contributed by atoms with E-state index in [4.69, 9.17) is 10.2 Å². The zero-order valence-electron chi connectivity index (χ0n) is 9.90. The molecule has 0 fully saturated rings. The van der Waals surface area contributed by atoms with Gasteiger partial charge in [0, 0.05) is 0 Å². The van der Waals surface area contributed by atoms with Crippen molar-refractivity contribution < 1.29 is 19.8 Å². The third kappa shape index (κ3) is 6.22. The Balaban J connectivity index is 4.30. The molecule has 92 valence electrons. The summed E-state index contributed by atoms with van der Waals surface area (Å²) in [5, 5.41) is 17.5. The van der Waals surface area contributed by atoms with E-state index in [0.717, 1.165) is 25.7 Å². The molecular formula is C12H20O4. The number of hydrogen-bond donors (Lipinski definition) is 2. The zero-order chi connectivity index (χ0) is 12.6. The zero-order valence-corrected chi connectivity index (χ0v) is 9.90. The normalized spacial score (nSPS) is 13.5. The van der Waals surface area contributed by atoms with Crippen LogP contribution in [0.25, 0.3) is 0 Å². The van der Waals surface area contributed by atoms with Crippen LogP contribution in [0.15, 0.2) is 11.6 Å². The van der Waals surface area contributed by atoms with Crippen LogP contribution in [-0.4, -0.2) is 22.2 Å². The number of carbonyl (C=O) groups is 2. The van der Waals surface area contributed by atoms with E-state index in [2.05, 4.69) is 6.92 Å². The Morgan fingerprint density at radius 3 is 2.31 bits per heavy atom. The molecule has 1 atom stereocenters. The van der Waals surface area contributed by atoms with Crippen LogP contribution in [0.4, 0.5) is 0 Å². The molecule has 0 saturated carbocycles. The fraction of sp³-hybridized carbons (Fsp3) is 0.667. The van der Waals surface area contributed by atoms with Crippen LogP contribution in [-0.2, 0) is 9.59 Å². The molecule has 1 unspecified atom stereocenters. The number of allylic oxidation sites excluding steroid dienone is 1. The molecule has 0 aliphatic rings. The van der Waals surface area contributed by atoms with Crippen molar-refractivity contribution in [3.8, 4) is 0 Å². The highest BCUT2D eigenvalue weighted by molar-refractivity contribution is 5.80. The molecule has 0 heterocycles. The summed E-state index contributed by atoms with van der Waals surface area (Å²) in [4.78, 5) is 21.4. The largest absolute Gasteiger partial charge is 0.481 e. The first kappa shape index (κ1) is 14.7. The summed E-state index contributed by atoms with van der Waals surface area (Å²) in [5.74, 6) is -3.03. The molecule has 0 rings (SSSR count). The predicted octanol–water partition coefficient (Wildman–Crippen LogP) is 2.69. The van der Waals surface area contributed by atoms with Gasteiger partial charge in [0.1, 0.15) is 0 Å². The van der Waals surface area contributed by atoms with Gasteiger partial charge < -0.3 is 10.2 Å². The molecule has 0 spiro atoms. The van der Waals surface area contributed by atoms with E-state index >= 15 is 0 Å². The third-order valence-electron chi connectivity index (χ3n) is 2.50. The minimum atomic E-state index is -1.08. The quantitative estimate of drug-likeness (QED) is 0.494. The van der Waals surface area contributed by atoms with Gasteiger partial charge in [0.05, 0.1) is 12.3 Å². The van der Waals surface area contributed by atoms with Crippen molar-refractivity contribution in [2.24, 2.45) is 5.92 Å². The number of aliphatic carboxylic acids is 2. The van der Waals surface area contributed by atoms with Gasteiger partial charge in [-0.1, -0.05) is 31.4 Å². The van der Waals surface area contributed by atoms with Gasteiger partial charge in [0.2, 0.25) is 0 Å². The van der Waals surface area contributed by atoms with Crippen molar-refractivity contribution in [3.05, 3.63) is 11.6 Å². The van der Waals surface area contributed by atoms with E-state index in [-0.39, 0.29) is 6.42 Å². The lowest BCUT2D eigenvalue weighted by Crippen LogP contribution is -2.18. The number of carboxylic acid groups (broad SMARTS) is 2. The first-order valence-electron chi connectivity index (χ1n) is 5.60. The van der Waals surface area contributed by atoms with E-state index in [1.807, 2.05) is 6.08 Å². The second-order valence-electron chi connectivity index (χ2n) is 3.93. The predicted molar refractivity (Wildman–Crippen MR) is 61.3 cm³/mol. The van der Waals surface area contributed by atoms with E-state index in [0.29, 0.717) is 5.57 Å². The Hall–Kier alpha value is -1.32. The average molecular weight is 228 g/mol. The molecule has 0 aliphatic carbocycles. The van der Waals surface area contributed by atoms with Crippen molar-refractivity contribution >= 4 is 11.9 Å². The van der Waals surface area contributed by atoms with Crippen LogP contribution in [0.3, 0.4) is 0 Å². The van der Waals surface area contributed by atoms with Gasteiger partial charge in [-0.25, -0.2) is 0 Å². The van der Waals surface area contributed by atoms with Gasteiger partial charge in [0.15, 0.2) is 0 Å². The van der Waals surface area contributed by atoms with Gasteiger partial charge in [-0.05, 0) is 19.8 Å². The minimum absolute atomic E-state index is 0.342. The summed E-state index contributed by atoms with van der Waals surface area (Å²) in [6, 6.07) is 0. The highest BCUT2D eigenvalue weighted by Gasteiger charge is 2.22. The lowest BCUT2D eigenvalue weighted by atomic mass is 9.95. The molecule has 0 aliphatic heterocycles. The van der Waals surface area contributed by atoms with Crippen LogP contribution in [0.2, 0.25) is 0 Å². The highest BCUT2D eigenvalue weighted by atomic mass is 16.4. The first-order chi connectivity index (χ1) is 7.49. The molecule has 4 nitrogen and oxygen atoms in total. The number of unbranched alkanes of at least 4 members (excludes halogenated alkanes) is 3. The lowest BCUT2D eigenvalue weighted by molar-refractivity contribution is -0.146. The Morgan fingerprint density at radius 2 is 1.88 bits per heavy atom. The molecular weight excluding hydrogens is 208 g/mol. The maximum absolute atomic E-state index is 10.9. The summed E-state index contributed by atoms with van der Waals surface area (Å²) in [7, 11) is 0. The van der Waals surface area contributed by atoms with Gasteiger partial charge >= 0.3 is 11.9 Å². The Morgan fingerprint density at radius 1 is 1.25 bits per heavy atom. The fourth-order valence-corrected chi connectivity index (χ4v) is 1.48. The summed E-state index contributed by atoms with van der Waals surface area (Å²) in [6.45, 7) is 3.79. The average Bonchev–Trinajstić information content (AvgIpc) is 2.20.